The first-order chi connectivity index (χ1) is 9.24. The van der Waals surface area contributed by atoms with Crippen molar-refractivity contribution in [2.45, 2.75) is 51.6 Å². The number of thiazole rings is 1. The Morgan fingerprint density at radius 2 is 2.21 bits per heavy atom. The van der Waals surface area contributed by atoms with Crippen molar-refractivity contribution in [1.29, 1.82) is 0 Å². The second-order valence-electron chi connectivity index (χ2n) is 5.29. The van der Waals surface area contributed by atoms with Crippen LogP contribution in [0.5, 0.6) is 0 Å². The molecule has 19 heavy (non-hydrogen) atoms. The van der Waals surface area contributed by atoms with Crippen LogP contribution in [0.1, 0.15) is 55.4 Å². The zero-order valence-corrected chi connectivity index (χ0v) is 12.3. The molecule has 1 atom stereocenters. The van der Waals surface area contributed by atoms with E-state index in [1.165, 1.54) is 25.7 Å². The molecule has 1 aliphatic rings. The topological polar surface area (TPSA) is 42.7 Å². The first-order valence-corrected chi connectivity index (χ1v) is 7.83. The van der Waals surface area contributed by atoms with E-state index in [1.54, 1.807) is 11.3 Å². The molecule has 2 heterocycles. The number of anilines is 1. The average molecular weight is 276 g/mol. The molecule has 1 fully saturated rings. The van der Waals surface area contributed by atoms with Gasteiger partial charge in [0.05, 0.1) is 6.04 Å². The Kier molecular flexibility index (Phi) is 3.55. The van der Waals surface area contributed by atoms with E-state index >= 15 is 0 Å². The summed E-state index contributed by atoms with van der Waals surface area (Å²) in [5.41, 5.74) is 1.09. The van der Waals surface area contributed by atoms with Gasteiger partial charge in [-0.25, -0.2) is 9.97 Å². The minimum Gasteiger partial charge on any atom is -0.347 e. The molecule has 0 spiro atoms. The smallest absolute Gasteiger partial charge is 0.203 e. The number of hydrogen-bond acceptors (Lipinski definition) is 4. The molecule has 0 bridgehead atoms. The average Bonchev–Trinajstić information content (AvgIpc) is 3.07. The van der Waals surface area contributed by atoms with E-state index in [0.717, 1.165) is 16.6 Å². The van der Waals surface area contributed by atoms with Gasteiger partial charge in [-0.05, 0) is 26.7 Å². The van der Waals surface area contributed by atoms with E-state index in [9.17, 15) is 0 Å². The second kappa shape index (κ2) is 5.33. The largest absolute Gasteiger partial charge is 0.347 e. The fraction of sp³-hybridized carbons (Fsp3) is 0.571. The molecule has 0 amide bonds. The van der Waals surface area contributed by atoms with Gasteiger partial charge in [0.25, 0.3) is 0 Å². The standard InChI is InChI=1S/C14H20N4S/c1-10-9-19-13(16-10)11(2)17-14-15-7-8-18(14)12-5-3-4-6-12/h7-9,11-12H,3-6H2,1-2H3,(H,15,17). The SMILES string of the molecule is Cc1csc(C(C)Nc2nccn2C2CCCC2)n1. The molecule has 4 nitrogen and oxygen atoms in total. The van der Waals surface area contributed by atoms with Gasteiger partial charge in [-0.2, -0.15) is 0 Å². The van der Waals surface area contributed by atoms with Crippen LogP contribution in [0.3, 0.4) is 0 Å². The molecule has 0 aliphatic heterocycles. The highest BCUT2D eigenvalue weighted by Crippen LogP contribution is 2.32. The van der Waals surface area contributed by atoms with Gasteiger partial charge in [-0.15, -0.1) is 11.3 Å². The van der Waals surface area contributed by atoms with Crippen LogP contribution in [0.2, 0.25) is 0 Å². The lowest BCUT2D eigenvalue weighted by Crippen LogP contribution is -2.13. The number of hydrogen-bond donors (Lipinski definition) is 1. The maximum absolute atomic E-state index is 4.54. The number of aromatic nitrogens is 3. The molecule has 2 aromatic rings. The third-order valence-electron chi connectivity index (χ3n) is 3.74. The normalized spacial score (nSPS) is 17.8. The monoisotopic (exact) mass is 276 g/mol. The Morgan fingerprint density at radius 1 is 1.42 bits per heavy atom. The minimum absolute atomic E-state index is 0.209. The molecule has 1 unspecified atom stereocenters. The van der Waals surface area contributed by atoms with Crippen molar-refractivity contribution in [3.8, 4) is 0 Å². The highest BCUT2D eigenvalue weighted by molar-refractivity contribution is 7.09. The highest BCUT2D eigenvalue weighted by atomic mass is 32.1. The molecule has 102 valence electrons. The van der Waals surface area contributed by atoms with Gasteiger partial charge in [-0.1, -0.05) is 12.8 Å². The first-order valence-electron chi connectivity index (χ1n) is 6.95. The van der Waals surface area contributed by atoms with Crippen LogP contribution in [-0.4, -0.2) is 14.5 Å². The Labute approximate surface area is 117 Å². The zero-order chi connectivity index (χ0) is 13.2. The highest BCUT2D eigenvalue weighted by Gasteiger charge is 2.20. The molecule has 0 saturated heterocycles. The lowest BCUT2D eigenvalue weighted by Gasteiger charge is -2.18. The maximum atomic E-state index is 4.54. The lowest BCUT2D eigenvalue weighted by molar-refractivity contribution is 0.521. The van der Waals surface area contributed by atoms with Crippen LogP contribution in [0.15, 0.2) is 17.8 Å². The van der Waals surface area contributed by atoms with Crippen LogP contribution in [0.4, 0.5) is 5.95 Å². The predicted molar refractivity (Wildman–Crippen MR) is 78.6 cm³/mol. The predicted octanol–water partition coefficient (Wildman–Crippen LogP) is 3.94. The molecule has 5 heteroatoms. The minimum atomic E-state index is 0.209. The fourth-order valence-electron chi connectivity index (χ4n) is 2.73. The molecular weight excluding hydrogens is 256 g/mol. The van der Waals surface area contributed by atoms with Gasteiger partial charge in [0, 0.05) is 29.5 Å². The quantitative estimate of drug-likeness (QED) is 0.920. The van der Waals surface area contributed by atoms with Gasteiger partial charge < -0.3 is 9.88 Å². The van der Waals surface area contributed by atoms with Crippen LogP contribution < -0.4 is 5.32 Å². The molecule has 0 radical (unpaired) electrons. The number of rotatable bonds is 4. The molecule has 1 aliphatic carbocycles. The third kappa shape index (κ3) is 2.66. The van der Waals surface area contributed by atoms with Crippen molar-refractivity contribution >= 4 is 17.3 Å². The van der Waals surface area contributed by atoms with Crippen molar-refractivity contribution < 1.29 is 0 Å². The van der Waals surface area contributed by atoms with Crippen LogP contribution in [0.25, 0.3) is 0 Å². The Bertz CT molecular complexity index is 539. The van der Waals surface area contributed by atoms with Crippen molar-refractivity contribution in [1.82, 2.24) is 14.5 Å². The number of aryl methyl sites for hydroxylation is 1. The maximum Gasteiger partial charge on any atom is 0.203 e. The summed E-state index contributed by atoms with van der Waals surface area (Å²) in [6, 6.07) is 0.830. The van der Waals surface area contributed by atoms with Gasteiger partial charge in [0.15, 0.2) is 0 Å². The Balaban J connectivity index is 1.74. The second-order valence-corrected chi connectivity index (χ2v) is 6.18. The Morgan fingerprint density at radius 3 is 2.89 bits per heavy atom. The summed E-state index contributed by atoms with van der Waals surface area (Å²) >= 11 is 1.71. The van der Waals surface area contributed by atoms with E-state index in [4.69, 9.17) is 0 Å². The number of nitrogens with one attached hydrogen (secondary N) is 1. The summed E-state index contributed by atoms with van der Waals surface area (Å²) in [4.78, 5) is 9.00. The van der Waals surface area contributed by atoms with Gasteiger partial charge in [0.1, 0.15) is 5.01 Å². The van der Waals surface area contributed by atoms with E-state index in [1.807, 2.05) is 13.1 Å². The van der Waals surface area contributed by atoms with E-state index in [2.05, 4.69) is 38.4 Å². The van der Waals surface area contributed by atoms with Crippen molar-refractivity contribution in [2.75, 3.05) is 5.32 Å². The van der Waals surface area contributed by atoms with Crippen LogP contribution >= 0.6 is 11.3 Å². The lowest BCUT2D eigenvalue weighted by atomic mass is 10.2. The Hall–Kier alpha value is -1.36. The van der Waals surface area contributed by atoms with E-state index in [-0.39, 0.29) is 6.04 Å². The first kappa shape index (κ1) is 12.7. The summed E-state index contributed by atoms with van der Waals surface area (Å²) in [6.07, 6.45) is 9.21. The summed E-state index contributed by atoms with van der Waals surface area (Å²) < 4.78 is 2.30. The number of nitrogens with zero attached hydrogens (tertiary/aromatic N) is 3. The van der Waals surface area contributed by atoms with E-state index in [0.29, 0.717) is 6.04 Å². The molecule has 1 saturated carbocycles. The summed E-state index contributed by atoms with van der Waals surface area (Å²) in [5.74, 6) is 0.979. The summed E-state index contributed by atoms with van der Waals surface area (Å²) in [6.45, 7) is 4.18. The van der Waals surface area contributed by atoms with Crippen LogP contribution in [-0.2, 0) is 0 Å². The van der Waals surface area contributed by atoms with Crippen molar-refractivity contribution in [2.24, 2.45) is 0 Å². The van der Waals surface area contributed by atoms with Gasteiger partial charge in [-0.3, -0.25) is 0 Å². The molecule has 3 rings (SSSR count). The van der Waals surface area contributed by atoms with Crippen molar-refractivity contribution in [3.05, 3.63) is 28.5 Å². The molecule has 0 aromatic carbocycles. The summed E-state index contributed by atoms with van der Waals surface area (Å²) in [5, 5.41) is 6.71. The zero-order valence-electron chi connectivity index (χ0n) is 11.5. The molecule has 1 N–H and O–H groups in total. The van der Waals surface area contributed by atoms with Crippen LogP contribution in [0, 0.1) is 6.92 Å². The van der Waals surface area contributed by atoms with Gasteiger partial charge >= 0.3 is 0 Å². The third-order valence-corrected chi connectivity index (χ3v) is 4.88. The summed E-state index contributed by atoms with van der Waals surface area (Å²) in [7, 11) is 0. The van der Waals surface area contributed by atoms with E-state index < -0.39 is 0 Å². The molecule has 2 aromatic heterocycles. The van der Waals surface area contributed by atoms with Crippen molar-refractivity contribution in [3.63, 3.8) is 0 Å². The molecular formula is C14H20N4S. The van der Waals surface area contributed by atoms with Gasteiger partial charge in [0.2, 0.25) is 5.95 Å². The number of imidazole rings is 1. The fourth-order valence-corrected chi connectivity index (χ4v) is 3.53.